The molecule has 1 atom stereocenters. The Morgan fingerprint density at radius 3 is 1.62 bits per heavy atom. The fourth-order valence-corrected chi connectivity index (χ4v) is 1.60. The smallest absolute Gasteiger partial charge is 0.337 e. The first kappa shape index (κ1) is 17.4. The van der Waals surface area contributed by atoms with Crippen molar-refractivity contribution >= 4 is 11.9 Å². The third-order valence-electron chi connectivity index (χ3n) is 2.70. The minimum absolute atomic E-state index is 1.04. The zero-order valence-electron chi connectivity index (χ0n) is 9.50. The number of imide groups is 1. The predicted octanol–water partition coefficient (Wildman–Crippen LogP) is 1.91. The van der Waals surface area contributed by atoms with Crippen molar-refractivity contribution in [3.05, 3.63) is 0 Å². The molecule has 21 heavy (non-hydrogen) atoms. The van der Waals surface area contributed by atoms with E-state index in [1.165, 1.54) is 5.32 Å². The van der Waals surface area contributed by atoms with Crippen LogP contribution in [0.5, 0.6) is 0 Å². The largest absolute Gasteiger partial charge is 0.437 e. The number of hydrogen-bond donors (Lipinski definition) is 2. The van der Waals surface area contributed by atoms with Crippen molar-refractivity contribution < 1.29 is 49.1 Å². The molecule has 3 amide bonds. The molecule has 1 heterocycles. The minimum Gasteiger partial charge on any atom is -0.337 e. The molecule has 2 N–H and O–H groups in total. The monoisotopic (exact) mass is 332 g/mol. The number of halogens is 9. The van der Waals surface area contributed by atoms with Gasteiger partial charge in [-0.25, -0.2) is 18.0 Å². The van der Waals surface area contributed by atoms with Gasteiger partial charge < -0.3 is 5.32 Å². The fourth-order valence-electron chi connectivity index (χ4n) is 1.60. The normalized spacial score (nSPS) is 21.9. The molecule has 0 saturated carbocycles. The Hall–Kier alpha value is -1.69. The summed E-state index contributed by atoms with van der Waals surface area (Å²) < 4.78 is 114. The van der Waals surface area contributed by atoms with E-state index in [2.05, 4.69) is 0 Å². The summed E-state index contributed by atoms with van der Waals surface area (Å²) in [6.07, 6.45) is -14.1. The Bertz CT molecular complexity index is 442. The Morgan fingerprint density at radius 2 is 1.29 bits per heavy atom. The van der Waals surface area contributed by atoms with Gasteiger partial charge in [-0.2, -0.15) is 26.3 Å². The van der Waals surface area contributed by atoms with Crippen molar-refractivity contribution in [3.8, 4) is 0 Å². The molecule has 1 rings (SSSR count). The highest BCUT2D eigenvalue weighted by molar-refractivity contribution is 5.98. The van der Waals surface area contributed by atoms with Crippen LogP contribution in [-0.2, 0) is 4.79 Å². The molecule has 1 fully saturated rings. The van der Waals surface area contributed by atoms with Gasteiger partial charge in [-0.1, -0.05) is 0 Å². The first-order valence-corrected chi connectivity index (χ1v) is 4.95. The molecule has 0 aromatic rings. The lowest BCUT2D eigenvalue weighted by molar-refractivity contribution is -0.402. The first-order valence-electron chi connectivity index (χ1n) is 4.95. The second-order valence-corrected chi connectivity index (χ2v) is 4.03. The molecule has 0 radical (unpaired) electrons. The lowest BCUT2D eigenvalue weighted by Gasteiger charge is -2.40. The number of rotatable bonds is 2. The molecule has 1 aliphatic rings. The summed E-state index contributed by atoms with van der Waals surface area (Å²) in [4.78, 5) is 21.6. The Labute approximate surface area is 109 Å². The van der Waals surface area contributed by atoms with Crippen molar-refractivity contribution in [2.75, 3.05) is 6.54 Å². The van der Waals surface area contributed by atoms with E-state index in [9.17, 15) is 49.1 Å². The summed E-state index contributed by atoms with van der Waals surface area (Å²) in [6, 6.07) is -1.41. The molecule has 4 nitrogen and oxygen atoms in total. The van der Waals surface area contributed by atoms with Gasteiger partial charge in [-0.3, -0.25) is 10.1 Å². The Morgan fingerprint density at radius 1 is 0.857 bits per heavy atom. The van der Waals surface area contributed by atoms with E-state index in [4.69, 9.17) is 0 Å². The second-order valence-electron chi connectivity index (χ2n) is 4.03. The van der Waals surface area contributed by atoms with Crippen LogP contribution >= 0.6 is 0 Å². The number of carbonyl (C=O) groups excluding carboxylic acids is 2. The number of urea groups is 1. The Kier molecular flexibility index (Phi) is 3.85. The van der Waals surface area contributed by atoms with Crippen LogP contribution in [0.15, 0.2) is 0 Å². The summed E-state index contributed by atoms with van der Waals surface area (Å²) in [7, 11) is 0. The SMILES string of the molecule is O=C1NCC(C(F)(F)C(F)(C(F)(F)F)C(F)(F)F)C(=O)N1. The standard InChI is InChI=1S/C8H5F9N2O2/c9-5(10,2-1-18-4(21)19-3(2)20)6(11,7(12,13)14)8(15,16)17/h2H,1H2,(H2,18,19,20,21). The van der Waals surface area contributed by atoms with Gasteiger partial charge >= 0.3 is 30.0 Å². The molecule has 0 bridgehead atoms. The van der Waals surface area contributed by atoms with Gasteiger partial charge in [0.15, 0.2) is 0 Å². The molecule has 0 aromatic carbocycles. The van der Waals surface area contributed by atoms with Gasteiger partial charge in [0, 0.05) is 6.54 Å². The number of amides is 3. The van der Waals surface area contributed by atoms with Crippen molar-refractivity contribution in [3.63, 3.8) is 0 Å². The highest BCUT2D eigenvalue weighted by Crippen LogP contribution is 2.57. The summed E-state index contributed by atoms with van der Waals surface area (Å²) in [6.45, 7) is -1.59. The molecule has 1 saturated heterocycles. The quantitative estimate of drug-likeness (QED) is 0.759. The van der Waals surface area contributed by atoms with Gasteiger partial charge in [0.05, 0.1) is 0 Å². The van der Waals surface area contributed by atoms with E-state index >= 15 is 0 Å². The lowest BCUT2D eigenvalue weighted by atomic mass is 9.84. The van der Waals surface area contributed by atoms with E-state index < -0.39 is 48.3 Å². The van der Waals surface area contributed by atoms with Crippen LogP contribution < -0.4 is 10.6 Å². The average Bonchev–Trinajstić information content (AvgIpc) is 2.23. The fraction of sp³-hybridized carbons (Fsp3) is 0.750. The molecule has 1 unspecified atom stereocenters. The molecular weight excluding hydrogens is 327 g/mol. The predicted molar refractivity (Wildman–Crippen MR) is 45.9 cm³/mol. The van der Waals surface area contributed by atoms with Gasteiger partial charge in [0.2, 0.25) is 5.91 Å². The van der Waals surface area contributed by atoms with Crippen molar-refractivity contribution in [2.45, 2.75) is 23.9 Å². The van der Waals surface area contributed by atoms with Crippen molar-refractivity contribution in [1.29, 1.82) is 0 Å². The molecule has 122 valence electrons. The van der Waals surface area contributed by atoms with E-state index in [-0.39, 0.29) is 0 Å². The maximum absolute atomic E-state index is 13.5. The van der Waals surface area contributed by atoms with Crippen molar-refractivity contribution in [2.24, 2.45) is 5.92 Å². The number of carbonyl (C=O) groups is 2. The molecule has 0 aromatic heterocycles. The summed E-state index contributed by atoms with van der Waals surface area (Å²) in [5.41, 5.74) is -6.95. The zero-order valence-corrected chi connectivity index (χ0v) is 9.50. The lowest BCUT2D eigenvalue weighted by Crippen LogP contribution is -2.71. The maximum Gasteiger partial charge on any atom is 0.437 e. The topological polar surface area (TPSA) is 58.2 Å². The van der Waals surface area contributed by atoms with Gasteiger partial charge in [-0.15, -0.1) is 0 Å². The van der Waals surface area contributed by atoms with Gasteiger partial charge in [0.1, 0.15) is 5.92 Å². The molecular formula is C8H5F9N2O2. The van der Waals surface area contributed by atoms with Gasteiger partial charge in [-0.05, 0) is 0 Å². The summed E-state index contributed by atoms with van der Waals surface area (Å²) >= 11 is 0. The van der Waals surface area contributed by atoms with E-state index in [1.54, 1.807) is 0 Å². The molecule has 0 spiro atoms. The zero-order chi connectivity index (χ0) is 16.9. The highest BCUT2D eigenvalue weighted by atomic mass is 19.4. The Balaban J connectivity index is 3.36. The van der Waals surface area contributed by atoms with Crippen LogP contribution in [0.3, 0.4) is 0 Å². The van der Waals surface area contributed by atoms with Crippen LogP contribution in [0.2, 0.25) is 0 Å². The number of alkyl halides is 9. The van der Waals surface area contributed by atoms with Gasteiger partial charge in [0.25, 0.3) is 0 Å². The summed E-state index contributed by atoms with van der Waals surface area (Å²) in [5, 5.41) is 2.43. The molecule has 0 aliphatic carbocycles. The van der Waals surface area contributed by atoms with Crippen LogP contribution in [0, 0.1) is 5.92 Å². The molecule has 13 heteroatoms. The van der Waals surface area contributed by atoms with Crippen LogP contribution in [0.25, 0.3) is 0 Å². The summed E-state index contributed by atoms with van der Waals surface area (Å²) in [5.74, 6) is -11.7. The van der Waals surface area contributed by atoms with E-state index in [0.717, 1.165) is 5.32 Å². The maximum atomic E-state index is 13.5. The number of nitrogens with one attached hydrogen (secondary N) is 2. The van der Waals surface area contributed by atoms with Crippen LogP contribution in [-0.4, -0.2) is 42.4 Å². The third-order valence-corrected chi connectivity index (χ3v) is 2.70. The number of hydrogen-bond acceptors (Lipinski definition) is 2. The molecule has 1 aliphatic heterocycles. The minimum atomic E-state index is -7.03. The first-order chi connectivity index (χ1) is 9.16. The van der Waals surface area contributed by atoms with E-state index in [0.29, 0.717) is 0 Å². The van der Waals surface area contributed by atoms with E-state index in [1.807, 2.05) is 0 Å². The third kappa shape index (κ3) is 2.48. The van der Waals surface area contributed by atoms with Crippen LogP contribution in [0.1, 0.15) is 0 Å². The second kappa shape index (κ2) is 4.66. The van der Waals surface area contributed by atoms with Crippen LogP contribution in [0.4, 0.5) is 44.3 Å². The van der Waals surface area contributed by atoms with Crippen molar-refractivity contribution in [1.82, 2.24) is 10.6 Å². The average molecular weight is 332 g/mol. The highest BCUT2D eigenvalue weighted by Gasteiger charge is 2.86.